The Balaban J connectivity index is 0.000000186. The van der Waals surface area contributed by atoms with Gasteiger partial charge in [0, 0.05) is 18.6 Å². The number of aromatic nitrogens is 4. The Morgan fingerprint density at radius 1 is 1.25 bits per heavy atom. The molecule has 0 unspecified atom stereocenters. The zero-order valence-corrected chi connectivity index (χ0v) is 22.4. The molecule has 3 aromatic rings. The molecule has 0 spiro atoms. The second-order valence-electron chi connectivity index (χ2n) is 9.46. The molecule has 1 saturated carbocycles. The molecule has 2 heterocycles. The van der Waals surface area contributed by atoms with Crippen molar-refractivity contribution in [3.8, 4) is 0 Å². The first-order valence-electron chi connectivity index (χ1n) is 12.5. The van der Waals surface area contributed by atoms with E-state index in [0.717, 1.165) is 36.2 Å². The first-order valence-corrected chi connectivity index (χ1v) is 14.0. The van der Waals surface area contributed by atoms with E-state index in [9.17, 15) is 18.9 Å². The Kier molecular flexibility index (Phi) is 9.45. The molecule has 0 amide bonds. The van der Waals surface area contributed by atoms with E-state index >= 15 is 0 Å². The van der Waals surface area contributed by atoms with Gasteiger partial charge in [-0.25, -0.2) is 18.7 Å². The molecule has 216 valence electrons. The Morgan fingerprint density at radius 2 is 1.98 bits per heavy atom. The lowest BCUT2D eigenvalue weighted by atomic mass is 10.1. The summed E-state index contributed by atoms with van der Waals surface area (Å²) in [6, 6.07) is 5.08. The molecule has 0 saturated heterocycles. The van der Waals surface area contributed by atoms with Crippen LogP contribution >= 0.6 is 7.82 Å². The number of benzene rings is 1. The van der Waals surface area contributed by atoms with Crippen LogP contribution in [0.2, 0.25) is 0 Å². The number of nitrogens with two attached hydrogens (primary N) is 1. The van der Waals surface area contributed by atoms with Crippen LogP contribution in [0.5, 0.6) is 0 Å². The van der Waals surface area contributed by atoms with Crippen molar-refractivity contribution >= 4 is 36.7 Å². The molecule has 2 aliphatic carbocycles. The van der Waals surface area contributed by atoms with E-state index in [1.54, 1.807) is 6.33 Å². The lowest BCUT2D eigenvalue weighted by Crippen LogP contribution is -2.34. The van der Waals surface area contributed by atoms with Crippen molar-refractivity contribution in [3.63, 3.8) is 0 Å². The molecule has 1 fully saturated rings. The largest absolute Gasteiger partial charge is 0.527 e. The number of carbonyl (C=O) groups is 1. The standard InChI is InChI=1S/C14H18N6O.C10H13FNO6P/c15-14-18-12(17-9-2-3-9)11-13(19-14)20(7-16-11)10-4-1-8(5-10)6-21;1-7(10(13)18-19(14,15)16)12-17-6-8-2-4-9(11)5-3-8/h1,4,7-10,21H,2-3,5-6H2,(H3,15,17,18,19);2-5,7,12H,6H2,1H3,(H2,14,15,16)/t8-,10+;7-/m10/s1. The van der Waals surface area contributed by atoms with Crippen molar-refractivity contribution in [2.75, 3.05) is 17.7 Å². The number of phosphoric acid groups is 1. The number of allylic oxidation sites excluding steroid dienone is 1. The highest BCUT2D eigenvalue weighted by atomic mass is 31.2. The molecule has 14 nitrogen and oxygen atoms in total. The fraction of sp³-hybridized carbons (Fsp3) is 0.417. The van der Waals surface area contributed by atoms with E-state index in [0.29, 0.717) is 11.6 Å². The fourth-order valence-electron chi connectivity index (χ4n) is 3.87. The monoisotopic (exact) mass is 579 g/mol. The van der Waals surface area contributed by atoms with Crippen LogP contribution in [0.3, 0.4) is 0 Å². The Bertz CT molecular complexity index is 1390. The van der Waals surface area contributed by atoms with E-state index in [1.165, 1.54) is 31.2 Å². The number of anilines is 2. The molecule has 16 heteroatoms. The summed E-state index contributed by atoms with van der Waals surface area (Å²) in [4.78, 5) is 46.0. The molecule has 0 radical (unpaired) electrons. The number of aliphatic hydroxyl groups excluding tert-OH is 1. The number of imidazole rings is 1. The Labute approximate surface area is 228 Å². The first-order chi connectivity index (χ1) is 19.0. The number of nitrogens with zero attached hydrogens (tertiary/aromatic N) is 4. The minimum absolute atomic E-state index is 0.0494. The van der Waals surface area contributed by atoms with Gasteiger partial charge in [0.2, 0.25) is 5.95 Å². The predicted molar refractivity (Wildman–Crippen MR) is 142 cm³/mol. The number of hydroxylamine groups is 1. The van der Waals surface area contributed by atoms with Crippen molar-refractivity contribution in [2.24, 2.45) is 5.92 Å². The van der Waals surface area contributed by atoms with Gasteiger partial charge in [-0.3, -0.25) is 14.6 Å². The van der Waals surface area contributed by atoms with Crippen LogP contribution in [0.15, 0.2) is 42.7 Å². The third-order valence-electron chi connectivity index (χ3n) is 6.07. The second-order valence-corrected chi connectivity index (χ2v) is 10.6. The van der Waals surface area contributed by atoms with E-state index in [1.807, 2.05) is 10.6 Å². The lowest BCUT2D eigenvalue weighted by Gasteiger charge is -2.13. The number of nitrogen functional groups attached to an aromatic ring is 1. The third kappa shape index (κ3) is 8.27. The summed E-state index contributed by atoms with van der Waals surface area (Å²) in [5.41, 5.74) is 10.3. The van der Waals surface area contributed by atoms with E-state index in [2.05, 4.69) is 36.3 Å². The maximum atomic E-state index is 12.6. The summed E-state index contributed by atoms with van der Waals surface area (Å²) in [5, 5.41) is 12.6. The van der Waals surface area contributed by atoms with E-state index in [4.69, 9.17) is 20.4 Å². The van der Waals surface area contributed by atoms with Gasteiger partial charge in [-0.2, -0.15) is 15.4 Å². The molecular formula is C24H31FN7O7P. The number of hydrogen-bond acceptors (Lipinski definition) is 11. The highest BCUT2D eigenvalue weighted by Crippen LogP contribution is 2.36. The topological polar surface area (TPSA) is 207 Å². The maximum absolute atomic E-state index is 12.6. The van der Waals surface area contributed by atoms with Crippen LogP contribution in [-0.4, -0.2) is 59.1 Å². The van der Waals surface area contributed by atoms with Crippen molar-refractivity contribution < 1.29 is 38.0 Å². The number of hydrogen-bond donors (Lipinski definition) is 6. The predicted octanol–water partition coefficient (Wildman–Crippen LogP) is 1.96. The average molecular weight is 580 g/mol. The molecule has 2 aromatic heterocycles. The summed E-state index contributed by atoms with van der Waals surface area (Å²) in [5.74, 6) is -0.342. The van der Waals surface area contributed by atoms with Gasteiger partial charge in [-0.15, -0.1) is 0 Å². The maximum Gasteiger partial charge on any atom is 0.527 e. The van der Waals surface area contributed by atoms with Crippen LogP contribution in [-0.2, 0) is 25.3 Å². The highest BCUT2D eigenvalue weighted by molar-refractivity contribution is 7.46. The molecule has 40 heavy (non-hydrogen) atoms. The normalized spacial score (nSPS) is 19.2. The average Bonchev–Trinajstić information content (AvgIpc) is 3.41. The van der Waals surface area contributed by atoms with Gasteiger partial charge in [0.05, 0.1) is 19.0 Å². The fourth-order valence-corrected chi connectivity index (χ4v) is 4.26. The minimum atomic E-state index is -4.86. The van der Waals surface area contributed by atoms with Gasteiger partial charge < -0.3 is 25.2 Å². The number of halogens is 1. The van der Waals surface area contributed by atoms with Crippen molar-refractivity contribution in [1.82, 2.24) is 25.0 Å². The lowest BCUT2D eigenvalue weighted by molar-refractivity contribution is -0.142. The van der Waals surface area contributed by atoms with Gasteiger partial charge in [-0.1, -0.05) is 24.3 Å². The van der Waals surface area contributed by atoms with Gasteiger partial charge in [0.15, 0.2) is 17.0 Å². The van der Waals surface area contributed by atoms with Gasteiger partial charge in [0.25, 0.3) is 0 Å². The van der Waals surface area contributed by atoms with Gasteiger partial charge in [0.1, 0.15) is 11.9 Å². The van der Waals surface area contributed by atoms with Crippen molar-refractivity contribution in [2.45, 2.75) is 50.9 Å². The molecular weight excluding hydrogens is 548 g/mol. The number of carbonyl (C=O) groups excluding carboxylic acids is 1. The zero-order chi connectivity index (χ0) is 28.9. The Hall–Kier alpha value is -3.46. The van der Waals surface area contributed by atoms with Crippen LogP contribution in [0.4, 0.5) is 16.2 Å². The summed E-state index contributed by atoms with van der Waals surface area (Å²) >= 11 is 0. The SMILES string of the molecule is C[C@H](NOCc1ccc(F)cc1)C(=O)OP(=O)(O)O.Nc1nc(NC2CC2)c2ncn([C@H]3C=C[C@@H](CO)C3)c2n1. The third-order valence-corrected chi connectivity index (χ3v) is 6.49. The van der Waals surface area contributed by atoms with E-state index in [-0.39, 0.29) is 36.9 Å². The first kappa shape index (κ1) is 29.5. The number of aliphatic hydroxyl groups is 1. The molecule has 1 aromatic carbocycles. The molecule has 2 aliphatic rings. The number of fused-ring (bicyclic) bond motifs is 1. The van der Waals surface area contributed by atoms with Crippen molar-refractivity contribution in [3.05, 3.63) is 54.1 Å². The summed E-state index contributed by atoms with van der Waals surface area (Å²) < 4.78 is 28.9. The van der Waals surface area contributed by atoms with E-state index < -0.39 is 19.8 Å². The highest BCUT2D eigenvalue weighted by Gasteiger charge is 2.27. The van der Waals surface area contributed by atoms with Gasteiger partial charge in [-0.05, 0) is 43.9 Å². The summed E-state index contributed by atoms with van der Waals surface area (Å²) in [6.45, 7) is 1.53. The quantitative estimate of drug-likeness (QED) is 0.116. The van der Waals surface area contributed by atoms with Crippen LogP contribution in [0.25, 0.3) is 11.2 Å². The van der Waals surface area contributed by atoms with Crippen molar-refractivity contribution in [1.29, 1.82) is 0 Å². The second kappa shape index (κ2) is 12.8. The summed E-state index contributed by atoms with van der Waals surface area (Å²) in [6.07, 6.45) is 9.10. The molecule has 5 rings (SSSR count). The Morgan fingerprint density at radius 3 is 2.60 bits per heavy atom. The molecule has 7 N–H and O–H groups in total. The number of phosphoric ester groups is 1. The summed E-state index contributed by atoms with van der Waals surface area (Å²) in [7, 11) is -4.86. The smallest absolute Gasteiger partial charge is 0.396 e. The molecule has 0 bridgehead atoms. The number of rotatable bonds is 10. The van der Waals surface area contributed by atoms with Gasteiger partial charge >= 0.3 is 13.8 Å². The minimum Gasteiger partial charge on any atom is -0.396 e. The van der Waals surface area contributed by atoms with Crippen LogP contribution < -0.4 is 16.5 Å². The molecule has 0 aliphatic heterocycles. The molecule has 3 atom stereocenters. The number of nitrogens with one attached hydrogen (secondary N) is 2. The van der Waals surface area contributed by atoms with Crippen LogP contribution in [0.1, 0.15) is 37.8 Å². The van der Waals surface area contributed by atoms with Crippen LogP contribution in [0, 0.1) is 11.7 Å². The zero-order valence-electron chi connectivity index (χ0n) is 21.6.